The standard InChI is InChI=1S/C23H19ClN4O4S/c1-14-7-9-17(16(24)11-14)25-22(29)13-33-23-26-18-12-15(28(30)31)8-10-19(18)27(23)20-5-3-4-6-21(20)32-2/h3-12H,13H2,1-2H3,(H,25,29). The Morgan fingerprint density at radius 2 is 2.00 bits per heavy atom. The highest BCUT2D eigenvalue weighted by atomic mass is 35.5. The zero-order valence-electron chi connectivity index (χ0n) is 17.7. The summed E-state index contributed by atoms with van der Waals surface area (Å²) in [6.07, 6.45) is 0. The van der Waals surface area contributed by atoms with E-state index in [1.165, 1.54) is 23.9 Å². The molecule has 0 atom stereocenters. The van der Waals surface area contributed by atoms with Gasteiger partial charge in [-0.3, -0.25) is 19.5 Å². The lowest BCUT2D eigenvalue weighted by Gasteiger charge is -2.13. The SMILES string of the molecule is COc1ccccc1-n1c(SCC(=O)Nc2ccc(C)cc2Cl)nc2cc([N+](=O)[O-])ccc21. The van der Waals surface area contributed by atoms with Gasteiger partial charge in [-0.2, -0.15) is 0 Å². The zero-order valence-corrected chi connectivity index (χ0v) is 19.3. The second kappa shape index (κ2) is 9.51. The van der Waals surface area contributed by atoms with E-state index in [1.54, 1.807) is 25.3 Å². The molecule has 1 amide bonds. The van der Waals surface area contributed by atoms with Gasteiger partial charge in [0.15, 0.2) is 5.16 Å². The third-order valence-corrected chi connectivity index (χ3v) is 6.13. The number of hydrogen-bond acceptors (Lipinski definition) is 6. The van der Waals surface area contributed by atoms with Gasteiger partial charge in [-0.15, -0.1) is 0 Å². The minimum Gasteiger partial charge on any atom is -0.495 e. The predicted octanol–water partition coefficient (Wildman–Crippen LogP) is 5.63. The topological polar surface area (TPSA) is 99.3 Å². The summed E-state index contributed by atoms with van der Waals surface area (Å²) in [4.78, 5) is 27.9. The lowest BCUT2D eigenvalue weighted by atomic mass is 10.2. The smallest absolute Gasteiger partial charge is 0.271 e. The van der Waals surface area contributed by atoms with Crippen LogP contribution in [-0.2, 0) is 4.79 Å². The van der Waals surface area contributed by atoms with Gasteiger partial charge in [-0.05, 0) is 42.8 Å². The molecule has 0 aliphatic carbocycles. The van der Waals surface area contributed by atoms with E-state index in [0.29, 0.717) is 38.3 Å². The molecule has 0 aliphatic rings. The number of rotatable bonds is 7. The number of ether oxygens (including phenoxy) is 1. The van der Waals surface area contributed by atoms with Gasteiger partial charge < -0.3 is 10.1 Å². The molecule has 1 heterocycles. The molecule has 8 nitrogen and oxygen atoms in total. The molecule has 0 bridgehead atoms. The summed E-state index contributed by atoms with van der Waals surface area (Å²) >= 11 is 7.43. The van der Waals surface area contributed by atoms with Crippen molar-refractivity contribution in [3.05, 3.63) is 81.4 Å². The molecule has 1 N–H and O–H groups in total. The first-order chi connectivity index (χ1) is 15.9. The number of halogens is 1. The highest BCUT2D eigenvalue weighted by Crippen LogP contribution is 2.34. The van der Waals surface area contributed by atoms with E-state index in [1.807, 2.05) is 41.8 Å². The van der Waals surface area contributed by atoms with Crippen molar-refractivity contribution in [2.45, 2.75) is 12.1 Å². The Labute approximate surface area is 198 Å². The van der Waals surface area contributed by atoms with Crippen molar-refractivity contribution in [3.8, 4) is 11.4 Å². The molecule has 3 aromatic carbocycles. The number of aryl methyl sites for hydroxylation is 1. The van der Waals surface area contributed by atoms with Gasteiger partial charge in [0.25, 0.3) is 5.69 Å². The van der Waals surface area contributed by atoms with Crippen LogP contribution in [0.5, 0.6) is 5.75 Å². The first-order valence-electron chi connectivity index (χ1n) is 9.86. The summed E-state index contributed by atoms with van der Waals surface area (Å²) in [5, 5.41) is 15.0. The summed E-state index contributed by atoms with van der Waals surface area (Å²) in [5.41, 5.74) is 3.28. The Balaban J connectivity index is 1.68. The number of nitro benzene ring substituents is 1. The molecule has 0 spiro atoms. The van der Waals surface area contributed by atoms with E-state index in [0.717, 1.165) is 5.56 Å². The van der Waals surface area contributed by atoms with Gasteiger partial charge in [-0.25, -0.2) is 4.98 Å². The molecule has 0 aliphatic heterocycles. The predicted molar refractivity (Wildman–Crippen MR) is 130 cm³/mol. The maximum Gasteiger partial charge on any atom is 0.271 e. The lowest BCUT2D eigenvalue weighted by Crippen LogP contribution is -2.15. The highest BCUT2D eigenvalue weighted by Gasteiger charge is 2.19. The van der Waals surface area contributed by atoms with Crippen LogP contribution < -0.4 is 10.1 Å². The van der Waals surface area contributed by atoms with Crippen LogP contribution in [0, 0.1) is 17.0 Å². The largest absolute Gasteiger partial charge is 0.495 e. The molecule has 0 fully saturated rings. The van der Waals surface area contributed by atoms with Gasteiger partial charge >= 0.3 is 0 Å². The molecule has 168 valence electrons. The van der Waals surface area contributed by atoms with Gasteiger partial charge in [0.2, 0.25) is 5.91 Å². The Morgan fingerprint density at radius 3 is 2.73 bits per heavy atom. The maximum absolute atomic E-state index is 12.6. The summed E-state index contributed by atoms with van der Waals surface area (Å²) in [6, 6.07) is 17.2. The number of carbonyl (C=O) groups excluding carboxylic acids is 1. The number of benzene rings is 3. The van der Waals surface area contributed by atoms with Crippen LogP contribution in [0.4, 0.5) is 11.4 Å². The summed E-state index contributed by atoms with van der Waals surface area (Å²) in [6.45, 7) is 1.92. The molecule has 4 rings (SSSR count). The molecule has 10 heteroatoms. The number of hydrogen-bond donors (Lipinski definition) is 1. The van der Waals surface area contributed by atoms with Gasteiger partial charge in [0.05, 0.1) is 45.2 Å². The molecule has 0 saturated heterocycles. The number of non-ortho nitro benzene ring substituents is 1. The van der Waals surface area contributed by atoms with E-state index >= 15 is 0 Å². The van der Waals surface area contributed by atoms with E-state index in [-0.39, 0.29) is 17.3 Å². The Kier molecular flexibility index (Phi) is 6.52. The van der Waals surface area contributed by atoms with Crippen molar-refractivity contribution < 1.29 is 14.5 Å². The highest BCUT2D eigenvalue weighted by molar-refractivity contribution is 7.99. The number of fused-ring (bicyclic) bond motifs is 1. The number of nitrogens with zero attached hydrogens (tertiary/aromatic N) is 3. The summed E-state index contributed by atoms with van der Waals surface area (Å²) < 4.78 is 7.33. The van der Waals surface area contributed by atoms with E-state index < -0.39 is 4.92 Å². The van der Waals surface area contributed by atoms with Crippen molar-refractivity contribution in [1.29, 1.82) is 0 Å². The number of nitrogens with one attached hydrogen (secondary N) is 1. The van der Waals surface area contributed by atoms with Crippen LogP contribution in [0.3, 0.4) is 0 Å². The molecule has 4 aromatic rings. The Morgan fingerprint density at radius 1 is 1.21 bits per heavy atom. The molecule has 0 unspecified atom stereocenters. The average molecular weight is 483 g/mol. The number of thioether (sulfide) groups is 1. The summed E-state index contributed by atoms with van der Waals surface area (Å²) in [5.74, 6) is 0.411. The van der Waals surface area contributed by atoms with Crippen LogP contribution in [0.25, 0.3) is 16.7 Å². The van der Waals surface area contributed by atoms with Crippen LogP contribution in [0.1, 0.15) is 5.56 Å². The second-order valence-electron chi connectivity index (χ2n) is 7.15. The van der Waals surface area contributed by atoms with Crippen LogP contribution >= 0.6 is 23.4 Å². The van der Waals surface area contributed by atoms with Crippen LogP contribution in [-0.4, -0.2) is 33.2 Å². The fourth-order valence-electron chi connectivity index (χ4n) is 3.34. The van der Waals surface area contributed by atoms with Crippen molar-refractivity contribution in [2.24, 2.45) is 0 Å². The van der Waals surface area contributed by atoms with Crippen LogP contribution in [0.15, 0.2) is 65.8 Å². The van der Waals surface area contributed by atoms with E-state index in [2.05, 4.69) is 10.3 Å². The summed E-state index contributed by atoms with van der Waals surface area (Å²) in [7, 11) is 1.56. The van der Waals surface area contributed by atoms with Gasteiger partial charge in [0, 0.05) is 12.1 Å². The number of methoxy groups -OCH3 is 1. The number of nitro groups is 1. The van der Waals surface area contributed by atoms with Crippen LogP contribution in [0.2, 0.25) is 5.02 Å². The number of carbonyl (C=O) groups is 1. The Bertz CT molecular complexity index is 1370. The molecule has 1 aromatic heterocycles. The normalized spacial score (nSPS) is 10.9. The first kappa shape index (κ1) is 22.6. The third-order valence-electron chi connectivity index (χ3n) is 4.88. The van der Waals surface area contributed by atoms with E-state index in [9.17, 15) is 14.9 Å². The third kappa shape index (κ3) is 4.79. The Hall–Kier alpha value is -3.56. The van der Waals surface area contributed by atoms with Crippen molar-refractivity contribution in [1.82, 2.24) is 9.55 Å². The minimum atomic E-state index is -0.465. The first-order valence-corrected chi connectivity index (χ1v) is 11.2. The second-order valence-corrected chi connectivity index (χ2v) is 8.50. The average Bonchev–Trinajstić information content (AvgIpc) is 3.16. The van der Waals surface area contributed by atoms with E-state index in [4.69, 9.17) is 16.3 Å². The number of aromatic nitrogens is 2. The molecule has 33 heavy (non-hydrogen) atoms. The van der Waals surface area contributed by atoms with Gasteiger partial charge in [0.1, 0.15) is 5.75 Å². The van der Waals surface area contributed by atoms with Crippen molar-refractivity contribution >= 4 is 51.7 Å². The minimum absolute atomic E-state index is 0.0597. The zero-order chi connectivity index (χ0) is 23.5. The quantitative estimate of drug-likeness (QED) is 0.208. The maximum atomic E-state index is 12.6. The molecule has 0 saturated carbocycles. The molecular weight excluding hydrogens is 464 g/mol. The number of para-hydroxylation sites is 2. The fraction of sp³-hybridized carbons (Fsp3) is 0.130. The number of amides is 1. The molecular formula is C23H19ClN4O4S. The van der Waals surface area contributed by atoms with Gasteiger partial charge in [-0.1, -0.05) is 41.6 Å². The van der Waals surface area contributed by atoms with Crippen molar-refractivity contribution in [3.63, 3.8) is 0 Å². The van der Waals surface area contributed by atoms with Crippen molar-refractivity contribution in [2.75, 3.05) is 18.2 Å². The monoisotopic (exact) mass is 482 g/mol. The lowest BCUT2D eigenvalue weighted by molar-refractivity contribution is -0.384. The number of anilines is 1. The fourth-order valence-corrected chi connectivity index (χ4v) is 4.45. The number of imidazole rings is 1. The molecule has 0 radical (unpaired) electrons.